The molecule has 1 amide bonds. The summed E-state index contributed by atoms with van der Waals surface area (Å²) in [5.41, 5.74) is 4.45. The van der Waals surface area contributed by atoms with Gasteiger partial charge in [-0.15, -0.1) is 0 Å². The van der Waals surface area contributed by atoms with Crippen LogP contribution in [0.15, 0.2) is 42.5 Å². The average molecular weight is 609 g/mol. The molecule has 0 saturated carbocycles. The van der Waals surface area contributed by atoms with Gasteiger partial charge in [-0.3, -0.25) is 9.78 Å². The molecule has 1 unspecified atom stereocenters. The number of rotatable bonds is 5. The smallest absolute Gasteiger partial charge is 0.407 e. The van der Waals surface area contributed by atoms with E-state index in [1.165, 1.54) is 0 Å². The second-order valence-corrected chi connectivity index (χ2v) is 11.6. The first kappa shape index (κ1) is 26.9. The summed E-state index contributed by atoms with van der Waals surface area (Å²) in [5.74, 6) is 0.595. The van der Waals surface area contributed by atoms with Crippen LogP contribution in [-0.2, 0) is 18.4 Å². The molecule has 3 aromatic heterocycles. The number of alkyl carbamates (subject to hydrolysis) is 1. The predicted octanol–water partition coefficient (Wildman–Crippen LogP) is 5.90. The molecule has 10 nitrogen and oxygen atoms in total. The Kier molecular flexibility index (Phi) is 6.66. The van der Waals surface area contributed by atoms with Crippen molar-refractivity contribution in [2.45, 2.75) is 57.1 Å². The summed E-state index contributed by atoms with van der Waals surface area (Å²) < 4.78 is 22.8. The van der Waals surface area contributed by atoms with Crippen LogP contribution in [0.1, 0.15) is 30.5 Å². The maximum absolute atomic E-state index is 15.9. The van der Waals surface area contributed by atoms with Crippen LogP contribution in [0.2, 0.25) is 10.2 Å². The Morgan fingerprint density at radius 2 is 1.98 bits per heavy atom. The van der Waals surface area contributed by atoms with Gasteiger partial charge in [-0.1, -0.05) is 53.5 Å². The number of carbonyl (C=O) groups is 1. The number of aromatic nitrogens is 6. The monoisotopic (exact) mass is 608 g/mol. The molecule has 0 radical (unpaired) electrons. The van der Waals surface area contributed by atoms with Gasteiger partial charge < -0.3 is 15.0 Å². The Morgan fingerprint density at radius 3 is 2.79 bits per heavy atom. The fourth-order valence-corrected chi connectivity index (χ4v) is 6.90. The fraction of sp³-hybridized carbons (Fsp3) is 0.345. The number of anilines is 1. The average Bonchev–Trinajstić information content (AvgIpc) is 3.63. The first-order chi connectivity index (χ1) is 20.3. The molecule has 0 aliphatic carbocycles. The molecule has 5 heterocycles. The van der Waals surface area contributed by atoms with Crippen LogP contribution < -0.4 is 10.2 Å². The van der Waals surface area contributed by atoms with Gasteiger partial charge in [0.05, 0.1) is 39.4 Å². The Bertz CT molecular complexity index is 1830. The lowest BCUT2D eigenvalue weighted by Crippen LogP contribution is -2.58. The summed E-state index contributed by atoms with van der Waals surface area (Å²) in [7, 11) is 1.76. The SMILES string of the molecule is Cc1nc2c(-c3ccc4nn(C)c(Cl)c4c3Cl)[nH]nc2nc1N1C2CC[C@@H]1[C@@H](F)[C@@H](NC(=O)OCc1ccccc1)C2. The Balaban J connectivity index is 1.13. The number of halogens is 3. The van der Waals surface area contributed by atoms with E-state index in [0.29, 0.717) is 67.9 Å². The molecule has 2 aliphatic rings. The van der Waals surface area contributed by atoms with E-state index in [4.69, 9.17) is 37.9 Å². The van der Waals surface area contributed by atoms with E-state index in [-0.39, 0.29) is 12.6 Å². The fourth-order valence-electron chi connectivity index (χ4n) is 6.28. The zero-order valence-corrected chi connectivity index (χ0v) is 24.3. The minimum absolute atomic E-state index is 0.00476. The van der Waals surface area contributed by atoms with Crippen LogP contribution in [0.5, 0.6) is 0 Å². The normalized spacial score (nSPS) is 21.8. The van der Waals surface area contributed by atoms with Crippen LogP contribution in [0.3, 0.4) is 0 Å². The quantitative estimate of drug-likeness (QED) is 0.255. The molecule has 2 aromatic carbocycles. The number of aromatic amines is 1. The maximum atomic E-state index is 15.9. The van der Waals surface area contributed by atoms with Gasteiger partial charge in [-0.25, -0.2) is 19.2 Å². The largest absolute Gasteiger partial charge is 0.445 e. The van der Waals surface area contributed by atoms with Crippen molar-refractivity contribution in [3.05, 3.63) is 63.9 Å². The van der Waals surface area contributed by atoms with Crippen LogP contribution in [0.25, 0.3) is 33.3 Å². The minimum Gasteiger partial charge on any atom is -0.445 e. The van der Waals surface area contributed by atoms with Crippen LogP contribution in [0, 0.1) is 6.92 Å². The third kappa shape index (κ3) is 4.42. The summed E-state index contributed by atoms with van der Waals surface area (Å²) in [5, 5.41) is 16.1. The van der Waals surface area contributed by atoms with E-state index in [9.17, 15) is 4.79 Å². The van der Waals surface area contributed by atoms with E-state index in [1.54, 1.807) is 11.7 Å². The van der Waals surface area contributed by atoms with Gasteiger partial charge in [0.1, 0.15) is 23.4 Å². The highest BCUT2D eigenvalue weighted by molar-refractivity contribution is 6.43. The second-order valence-electron chi connectivity index (χ2n) is 10.8. The molecule has 42 heavy (non-hydrogen) atoms. The lowest BCUT2D eigenvalue weighted by molar-refractivity contribution is 0.117. The van der Waals surface area contributed by atoms with E-state index in [2.05, 4.69) is 20.6 Å². The molecule has 2 fully saturated rings. The number of carbonyl (C=O) groups excluding carboxylic acids is 1. The number of aryl methyl sites for hydroxylation is 2. The molecule has 2 bridgehead atoms. The minimum atomic E-state index is -1.30. The van der Waals surface area contributed by atoms with Gasteiger partial charge in [0, 0.05) is 18.7 Å². The molecular formula is C29H27Cl2FN8O2. The maximum Gasteiger partial charge on any atom is 0.407 e. The van der Waals surface area contributed by atoms with Gasteiger partial charge in [0.15, 0.2) is 5.82 Å². The molecular weight excluding hydrogens is 582 g/mol. The van der Waals surface area contributed by atoms with Crippen molar-refractivity contribution in [2.24, 2.45) is 7.05 Å². The van der Waals surface area contributed by atoms with Crippen molar-refractivity contribution in [3.63, 3.8) is 0 Å². The zero-order valence-electron chi connectivity index (χ0n) is 22.8. The lowest BCUT2D eigenvalue weighted by atomic mass is 9.95. The predicted molar refractivity (Wildman–Crippen MR) is 159 cm³/mol. The first-order valence-electron chi connectivity index (χ1n) is 13.7. The Labute approximate surface area is 250 Å². The van der Waals surface area contributed by atoms with E-state index in [1.807, 2.05) is 54.3 Å². The highest BCUT2D eigenvalue weighted by Gasteiger charge is 2.49. The summed E-state index contributed by atoms with van der Waals surface area (Å²) in [6.07, 6.45) is -0.0470. The zero-order chi connectivity index (χ0) is 29.1. The van der Waals surface area contributed by atoms with Gasteiger partial charge in [0.25, 0.3) is 0 Å². The number of nitrogens with zero attached hydrogens (tertiary/aromatic N) is 6. The number of amides is 1. The van der Waals surface area contributed by atoms with E-state index < -0.39 is 24.3 Å². The number of fused-ring (bicyclic) bond motifs is 4. The highest BCUT2D eigenvalue weighted by Crippen LogP contribution is 2.43. The molecule has 2 saturated heterocycles. The summed E-state index contributed by atoms with van der Waals surface area (Å²) >= 11 is 13.2. The number of alkyl halides is 1. The number of H-pyrrole nitrogens is 1. The molecule has 7 rings (SSSR count). The molecule has 0 spiro atoms. The van der Waals surface area contributed by atoms with Gasteiger partial charge in [-0.2, -0.15) is 10.2 Å². The van der Waals surface area contributed by atoms with Crippen molar-refractivity contribution in [2.75, 3.05) is 4.90 Å². The van der Waals surface area contributed by atoms with E-state index in [0.717, 1.165) is 12.0 Å². The van der Waals surface area contributed by atoms with Gasteiger partial charge >= 0.3 is 6.09 Å². The van der Waals surface area contributed by atoms with Crippen molar-refractivity contribution in [3.8, 4) is 11.3 Å². The third-order valence-electron chi connectivity index (χ3n) is 8.26. The number of ether oxygens (including phenoxy) is 1. The van der Waals surface area contributed by atoms with Crippen molar-refractivity contribution < 1.29 is 13.9 Å². The standard InChI is InChI=1S/C29H27Cl2FN8O2/c1-14-28(35-27-25(33-14)24(36-37-27)17-9-10-18-21(22(17)30)26(31)39(2)38-18)40-16-8-11-20(40)23(32)19(12-16)34-29(41)42-13-15-6-4-3-5-7-15/h3-7,9-10,16,19-20,23H,8,11-13H2,1-2H3,(H,34,41)(H,35,36,37)/t16?,19-,20+,23-/m0/s1. The summed E-state index contributed by atoms with van der Waals surface area (Å²) in [4.78, 5) is 24.2. The third-order valence-corrected chi connectivity index (χ3v) is 9.09. The van der Waals surface area contributed by atoms with Crippen molar-refractivity contribution >= 4 is 57.2 Å². The van der Waals surface area contributed by atoms with Crippen molar-refractivity contribution in [1.29, 1.82) is 0 Å². The Morgan fingerprint density at radius 1 is 1.17 bits per heavy atom. The van der Waals surface area contributed by atoms with Crippen LogP contribution in [-0.4, -0.2) is 60.3 Å². The van der Waals surface area contributed by atoms with Crippen LogP contribution in [0.4, 0.5) is 15.0 Å². The number of nitrogens with one attached hydrogen (secondary N) is 2. The highest BCUT2D eigenvalue weighted by atomic mass is 35.5. The van der Waals surface area contributed by atoms with E-state index >= 15 is 4.39 Å². The molecule has 5 aromatic rings. The molecule has 4 atom stereocenters. The molecule has 13 heteroatoms. The topological polar surface area (TPSA) is 114 Å². The molecule has 2 N–H and O–H groups in total. The lowest BCUT2D eigenvalue weighted by Gasteiger charge is -2.42. The summed E-state index contributed by atoms with van der Waals surface area (Å²) in [6, 6.07) is 12.0. The Hall–Kier alpha value is -3.96. The first-order valence-corrected chi connectivity index (χ1v) is 14.5. The number of benzene rings is 2. The van der Waals surface area contributed by atoms with Gasteiger partial charge in [-0.05, 0) is 43.9 Å². The number of hydrogen-bond acceptors (Lipinski definition) is 7. The molecule has 216 valence electrons. The number of hydrogen-bond donors (Lipinski definition) is 2. The van der Waals surface area contributed by atoms with Gasteiger partial charge in [0.2, 0.25) is 5.65 Å². The summed E-state index contributed by atoms with van der Waals surface area (Å²) in [6.45, 7) is 1.99. The second kappa shape index (κ2) is 10.4. The number of piperidine rings is 1. The molecule has 2 aliphatic heterocycles. The van der Waals surface area contributed by atoms with Crippen molar-refractivity contribution in [1.82, 2.24) is 35.3 Å². The van der Waals surface area contributed by atoms with Crippen LogP contribution >= 0.6 is 23.2 Å².